The fourth-order valence-electron chi connectivity index (χ4n) is 2.35. The van der Waals surface area contributed by atoms with Crippen LogP contribution in [0.5, 0.6) is 0 Å². The molecule has 1 N–H and O–H groups in total. The van der Waals surface area contributed by atoms with E-state index in [-0.39, 0.29) is 17.2 Å². The van der Waals surface area contributed by atoms with Crippen molar-refractivity contribution in [2.75, 3.05) is 0 Å². The molecule has 0 unspecified atom stereocenters. The predicted molar refractivity (Wildman–Crippen MR) is 111 cm³/mol. The van der Waals surface area contributed by atoms with E-state index in [9.17, 15) is 10.1 Å². The third-order valence-corrected chi connectivity index (χ3v) is 5.76. The van der Waals surface area contributed by atoms with Crippen LogP contribution in [0.2, 0.25) is 0 Å². The maximum atomic E-state index is 12.5. The first-order valence-electron chi connectivity index (χ1n) is 9.30. The third-order valence-electron chi connectivity index (χ3n) is 4.82. The third kappa shape index (κ3) is 5.14. The summed E-state index contributed by atoms with van der Waals surface area (Å²) in [6.45, 7) is 13.7. The van der Waals surface area contributed by atoms with Gasteiger partial charge in [-0.3, -0.25) is 4.79 Å². The van der Waals surface area contributed by atoms with E-state index < -0.39 is 10.8 Å². The van der Waals surface area contributed by atoms with Gasteiger partial charge in [0.1, 0.15) is 5.54 Å². The topological polar surface area (TPSA) is 91.8 Å². The molecule has 7 heteroatoms. The van der Waals surface area contributed by atoms with E-state index >= 15 is 0 Å². The minimum Gasteiger partial charge on any atom is -0.411 e. The number of amides is 1. The lowest BCUT2D eigenvalue weighted by atomic mass is 9.87. The van der Waals surface area contributed by atoms with Crippen molar-refractivity contribution in [3.63, 3.8) is 0 Å². The van der Waals surface area contributed by atoms with Crippen molar-refractivity contribution in [1.82, 2.24) is 15.5 Å². The number of rotatable bonds is 6. The van der Waals surface area contributed by atoms with Crippen molar-refractivity contribution < 1.29 is 9.21 Å². The fraction of sp³-hybridized carbons (Fsp3) is 0.524. The Labute approximate surface area is 171 Å². The number of hydrogen-bond donors (Lipinski definition) is 1. The van der Waals surface area contributed by atoms with E-state index in [1.54, 1.807) is 13.8 Å². The molecule has 2 atom stereocenters. The smallest absolute Gasteiger partial charge is 0.277 e. The highest BCUT2D eigenvalue weighted by Gasteiger charge is 2.32. The van der Waals surface area contributed by atoms with Crippen LogP contribution >= 0.6 is 11.8 Å². The number of carbonyl (C=O) groups excluding carboxylic acids is 1. The molecule has 2 rings (SSSR count). The van der Waals surface area contributed by atoms with Crippen molar-refractivity contribution in [2.24, 2.45) is 5.92 Å². The highest BCUT2D eigenvalue weighted by molar-refractivity contribution is 8.00. The van der Waals surface area contributed by atoms with Gasteiger partial charge in [-0.15, -0.1) is 10.2 Å². The second kappa shape index (κ2) is 8.36. The lowest BCUT2D eigenvalue weighted by Gasteiger charge is -2.28. The summed E-state index contributed by atoms with van der Waals surface area (Å²) < 4.78 is 5.72. The maximum Gasteiger partial charge on any atom is 0.277 e. The lowest BCUT2D eigenvalue weighted by Crippen LogP contribution is -2.51. The maximum absolute atomic E-state index is 12.5. The molecule has 0 saturated heterocycles. The zero-order chi connectivity index (χ0) is 21.1. The van der Waals surface area contributed by atoms with Gasteiger partial charge in [-0.05, 0) is 42.9 Å². The lowest BCUT2D eigenvalue weighted by molar-refractivity contribution is -0.121. The summed E-state index contributed by atoms with van der Waals surface area (Å²) in [6, 6.07) is 10.2. The van der Waals surface area contributed by atoms with E-state index in [1.165, 1.54) is 17.3 Å². The highest BCUT2D eigenvalue weighted by atomic mass is 32.2. The van der Waals surface area contributed by atoms with Crippen LogP contribution in [0.4, 0.5) is 0 Å². The Bertz CT molecular complexity index is 862. The summed E-state index contributed by atoms with van der Waals surface area (Å²) in [4.78, 5) is 12.5. The predicted octanol–water partition coefficient (Wildman–Crippen LogP) is 4.57. The van der Waals surface area contributed by atoms with Crippen LogP contribution in [0.1, 0.15) is 54.0 Å². The second-order valence-corrected chi connectivity index (χ2v) is 9.71. The average molecular weight is 401 g/mol. The van der Waals surface area contributed by atoms with Crippen LogP contribution in [0.15, 0.2) is 33.9 Å². The number of hydrogen-bond acceptors (Lipinski definition) is 6. The molecule has 1 aromatic heterocycles. The summed E-state index contributed by atoms with van der Waals surface area (Å²) in [5.74, 6) is 0.168. The fourth-order valence-corrected chi connectivity index (χ4v) is 3.03. The Morgan fingerprint density at radius 2 is 1.75 bits per heavy atom. The number of aromatic nitrogens is 2. The van der Waals surface area contributed by atoms with Crippen LogP contribution in [0.3, 0.4) is 0 Å². The first-order chi connectivity index (χ1) is 13.0. The van der Waals surface area contributed by atoms with Crippen molar-refractivity contribution in [1.29, 1.82) is 5.26 Å². The molecule has 0 radical (unpaired) electrons. The Kier molecular flexibility index (Phi) is 6.56. The standard InChI is InChI=1S/C21H28N4O2S/c1-13(2)21(7,12-22)23-17(26)14(3)28-19-25-24-18(27-19)15-8-10-16(11-9-15)20(4,5)6/h8-11,13-14H,1-7H3,(H,23,26)/t14-,21+/m1/s1. The Morgan fingerprint density at radius 3 is 2.25 bits per heavy atom. The highest BCUT2D eigenvalue weighted by Crippen LogP contribution is 2.29. The molecular weight excluding hydrogens is 372 g/mol. The van der Waals surface area contributed by atoms with Gasteiger partial charge in [-0.25, -0.2) is 0 Å². The molecule has 1 heterocycles. The van der Waals surface area contributed by atoms with Crippen LogP contribution in [0.25, 0.3) is 11.5 Å². The minimum absolute atomic E-state index is 0.00951. The first-order valence-corrected chi connectivity index (χ1v) is 10.2. The normalized spacial score (nSPS) is 15.0. The van der Waals surface area contributed by atoms with Crippen LogP contribution in [-0.4, -0.2) is 26.9 Å². The van der Waals surface area contributed by atoms with Gasteiger partial charge >= 0.3 is 0 Å². The molecule has 28 heavy (non-hydrogen) atoms. The van der Waals surface area contributed by atoms with Gasteiger partial charge in [0.2, 0.25) is 11.8 Å². The molecule has 6 nitrogen and oxygen atoms in total. The number of nitrogens with zero attached hydrogens (tertiary/aromatic N) is 3. The quantitative estimate of drug-likeness (QED) is 0.714. The number of nitrogens with one attached hydrogen (secondary N) is 1. The molecule has 0 aliphatic heterocycles. The molecule has 2 aromatic rings. The number of benzene rings is 1. The van der Waals surface area contributed by atoms with Gasteiger partial charge in [0.15, 0.2) is 0 Å². The van der Waals surface area contributed by atoms with Crippen LogP contribution in [-0.2, 0) is 10.2 Å². The summed E-state index contributed by atoms with van der Waals surface area (Å²) >= 11 is 1.18. The summed E-state index contributed by atoms with van der Waals surface area (Å²) in [5.41, 5.74) is 1.22. The van der Waals surface area contributed by atoms with Gasteiger partial charge < -0.3 is 9.73 Å². The Morgan fingerprint density at radius 1 is 1.14 bits per heavy atom. The first kappa shape index (κ1) is 22.0. The molecule has 0 spiro atoms. The zero-order valence-corrected chi connectivity index (χ0v) is 18.3. The Balaban J connectivity index is 2.06. The zero-order valence-electron chi connectivity index (χ0n) is 17.5. The van der Waals surface area contributed by atoms with Gasteiger partial charge in [0.05, 0.1) is 11.3 Å². The largest absolute Gasteiger partial charge is 0.411 e. The van der Waals surface area contributed by atoms with E-state index in [1.807, 2.05) is 26.0 Å². The number of carbonyl (C=O) groups is 1. The Hall–Kier alpha value is -2.33. The van der Waals surface area contributed by atoms with E-state index in [2.05, 4.69) is 54.5 Å². The number of nitriles is 1. The summed E-state index contributed by atoms with van der Waals surface area (Å²) in [7, 11) is 0. The monoisotopic (exact) mass is 400 g/mol. The molecule has 0 aliphatic carbocycles. The molecular formula is C21H28N4O2S. The molecule has 0 aliphatic rings. The minimum atomic E-state index is -0.916. The van der Waals surface area contributed by atoms with Gasteiger partial charge in [-0.2, -0.15) is 5.26 Å². The SMILES string of the molecule is CC(C)[C@](C)(C#N)NC(=O)[C@@H](C)Sc1nnc(-c2ccc(C(C)(C)C)cc2)o1. The van der Waals surface area contributed by atoms with Crippen LogP contribution < -0.4 is 5.32 Å². The van der Waals surface area contributed by atoms with E-state index in [0.29, 0.717) is 11.1 Å². The molecule has 150 valence electrons. The van der Waals surface area contributed by atoms with Crippen molar-refractivity contribution >= 4 is 17.7 Å². The second-order valence-electron chi connectivity index (χ2n) is 8.42. The average Bonchev–Trinajstić information content (AvgIpc) is 3.09. The van der Waals surface area contributed by atoms with E-state index in [0.717, 1.165) is 5.56 Å². The summed E-state index contributed by atoms with van der Waals surface area (Å²) in [5, 5.41) is 20.2. The van der Waals surface area contributed by atoms with Crippen molar-refractivity contribution in [3.8, 4) is 17.5 Å². The molecule has 0 bridgehead atoms. The molecule has 0 fully saturated rings. The summed E-state index contributed by atoms with van der Waals surface area (Å²) in [6.07, 6.45) is 0. The molecule has 0 saturated carbocycles. The van der Waals surface area contributed by atoms with Gasteiger partial charge in [0.25, 0.3) is 5.22 Å². The van der Waals surface area contributed by atoms with Crippen molar-refractivity contribution in [2.45, 2.75) is 69.9 Å². The van der Waals surface area contributed by atoms with Crippen molar-refractivity contribution in [3.05, 3.63) is 29.8 Å². The van der Waals surface area contributed by atoms with Gasteiger partial charge in [0, 0.05) is 5.56 Å². The number of thioether (sulfide) groups is 1. The molecule has 1 amide bonds. The van der Waals surface area contributed by atoms with E-state index in [4.69, 9.17) is 4.42 Å². The molecule has 1 aromatic carbocycles. The van der Waals surface area contributed by atoms with Crippen LogP contribution in [0, 0.1) is 17.2 Å². The van der Waals surface area contributed by atoms with Gasteiger partial charge in [-0.1, -0.05) is 58.5 Å².